The van der Waals surface area contributed by atoms with Gasteiger partial charge in [-0.1, -0.05) is 12.8 Å². The summed E-state index contributed by atoms with van der Waals surface area (Å²) >= 11 is 0. The smallest absolute Gasteiger partial charge is 0.662 e. The molecule has 0 radical (unpaired) electrons. The predicted octanol–water partition coefficient (Wildman–Crippen LogP) is -2.12. The zero-order valence-corrected chi connectivity index (χ0v) is 9.48. The molecule has 0 aromatic carbocycles. The van der Waals surface area contributed by atoms with Gasteiger partial charge in [-0.2, -0.15) is 0 Å². The third kappa shape index (κ3) is 4.09. The Hall–Kier alpha value is 1.56. The van der Waals surface area contributed by atoms with Crippen LogP contribution in [0.4, 0.5) is 0 Å². The Morgan fingerprint density at radius 3 is 2.00 bits per heavy atom. The summed E-state index contributed by atoms with van der Waals surface area (Å²) < 4.78 is 0. The molecule has 0 bridgehead atoms. The van der Waals surface area contributed by atoms with Gasteiger partial charge in [0, 0.05) is 5.54 Å². The molecule has 1 fully saturated rings. The van der Waals surface area contributed by atoms with Gasteiger partial charge in [-0.15, -0.1) is 13.1 Å². The van der Waals surface area contributed by atoms with E-state index < -0.39 is 0 Å². The van der Waals surface area contributed by atoms with E-state index in [1.165, 1.54) is 0 Å². The molecule has 9 heavy (non-hydrogen) atoms. The van der Waals surface area contributed by atoms with Gasteiger partial charge in [0.05, 0.1) is 0 Å². The molecule has 0 atom stereocenters. The predicted molar refractivity (Wildman–Crippen MR) is 34.9 cm³/mol. The minimum atomic E-state index is 0. The number of rotatable bonds is 0. The first-order valence-corrected chi connectivity index (χ1v) is 3.13. The largest absolute Gasteiger partial charge is 1.00 e. The first-order chi connectivity index (χ1) is 3.71. The SMILES string of the molecule is CC1(N)CC[N-]CC1.[K+]. The van der Waals surface area contributed by atoms with Crippen LogP contribution in [0.2, 0.25) is 0 Å². The Bertz CT molecular complexity index is 75.1. The fourth-order valence-electron chi connectivity index (χ4n) is 0.906. The monoisotopic (exact) mass is 152 g/mol. The van der Waals surface area contributed by atoms with Gasteiger partial charge in [0.1, 0.15) is 0 Å². The summed E-state index contributed by atoms with van der Waals surface area (Å²) in [5.74, 6) is 0. The topological polar surface area (TPSA) is 40.1 Å². The van der Waals surface area contributed by atoms with Gasteiger partial charge in [0.15, 0.2) is 0 Å². The van der Waals surface area contributed by atoms with Crippen molar-refractivity contribution >= 4 is 0 Å². The molecule has 48 valence electrons. The molecule has 3 heteroatoms. The maximum absolute atomic E-state index is 5.82. The Morgan fingerprint density at radius 2 is 1.78 bits per heavy atom. The first-order valence-electron chi connectivity index (χ1n) is 3.13. The molecule has 1 aliphatic heterocycles. The quantitative estimate of drug-likeness (QED) is 0.396. The standard InChI is InChI=1S/C6H13N2.K/c1-6(7)2-4-8-5-3-6;/h2-5,7H2,1H3;/q-1;+1. The van der Waals surface area contributed by atoms with Crippen LogP contribution in [0.25, 0.3) is 5.32 Å². The fraction of sp³-hybridized carbons (Fsp3) is 1.00. The van der Waals surface area contributed by atoms with Crippen LogP contribution in [0.3, 0.4) is 0 Å². The normalized spacial score (nSPS) is 24.7. The van der Waals surface area contributed by atoms with E-state index in [9.17, 15) is 0 Å². The summed E-state index contributed by atoms with van der Waals surface area (Å²) in [4.78, 5) is 0. The van der Waals surface area contributed by atoms with Crippen molar-refractivity contribution in [1.82, 2.24) is 0 Å². The van der Waals surface area contributed by atoms with Crippen molar-refractivity contribution in [2.24, 2.45) is 5.73 Å². The summed E-state index contributed by atoms with van der Waals surface area (Å²) in [5, 5.41) is 4.19. The van der Waals surface area contributed by atoms with Crippen LogP contribution in [-0.2, 0) is 0 Å². The van der Waals surface area contributed by atoms with Gasteiger partial charge in [-0.3, -0.25) is 0 Å². The van der Waals surface area contributed by atoms with Crippen molar-refractivity contribution < 1.29 is 51.4 Å². The molecule has 2 nitrogen and oxygen atoms in total. The molecule has 1 rings (SSSR count). The average molecular weight is 152 g/mol. The van der Waals surface area contributed by atoms with E-state index in [2.05, 4.69) is 12.2 Å². The van der Waals surface area contributed by atoms with Gasteiger partial charge in [0.25, 0.3) is 0 Å². The Labute approximate surface area is 99.4 Å². The molecule has 0 amide bonds. The molecular weight excluding hydrogens is 139 g/mol. The number of piperidine rings is 1. The van der Waals surface area contributed by atoms with Gasteiger partial charge >= 0.3 is 51.4 Å². The van der Waals surface area contributed by atoms with E-state index in [0.717, 1.165) is 25.9 Å². The molecule has 0 saturated carbocycles. The number of hydrogen-bond acceptors (Lipinski definition) is 1. The van der Waals surface area contributed by atoms with Crippen LogP contribution in [0.1, 0.15) is 19.8 Å². The Morgan fingerprint density at radius 1 is 1.33 bits per heavy atom. The van der Waals surface area contributed by atoms with Crippen LogP contribution in [0.5, 0.6) is 0 Å². The third-order valence-corrected chi connectivity index (χ3v) is 1.68. The molecule has 1 heterocycles. The van der Waals surface area contributed by atoms with Crippen LogP contribution in [-0.4, -0.2) is 18.6 Å². The van der Waals surface area contributed by atoms with Crippen molar-refractivity contribution in [3.8, 4) is 0 Å². The van der Waals surface area contributed by atoms with Gasteiger partial charge in [-0.25, -0.2) is 0 Å². The van der Waals surface area contributed by atoms with E-state index in [-0.39, 0.29) is 56.9 Å². The van der Waals surface area contributed by atoms with Crippen LogP contribution in [0.15, 0.2) is 0 Å². The molecule has 1 aliphatic rings. The van der Waals surface area contributed by atoms with Crippen molar-refractivity contribution in [1.29, 1.82) is 0 Å². The molecule has 2 N–H and O–H groups in total. The molecule has 1 saturated heterocycles. The Kier molecular flexibility index (Phi) is 5.20. The maximum Gasteiger partial charge on any atom is 1.00 e. The minimum absolute atomic E-state index is 0. The molecule has 0 aromatic rings. The minimum Gasteiger partial charge on any atom is -0.662 e. The van der Waals surface area contributed by atoms with Crippen molar-refractivity contribution in [2.45, 2.75) is 25.3 Å². The number of nitrogens with zero attached hydrogens (tertiary/aromatic N) is 1. The zero-order chi connectivity index (χ0) is 6.04. The van der Waals surface area contributed by atoms with E-state index in [1.807, 2.05) is 0 Å². The first kappa shape index (κ1) is 10.6. The fourth-order valence-corrected chi connectivity index (χ4v) is 0.906. The molecule has 0 aliphatic carbocycles. The zero-order valence-electron chi connectivity index (χ0n) is 6.35. The summed E-state index contributed by atoms with van der Waals surface area (Å²) in [5.41, 5.74) is 5.90. The maximum atomic E-state index is 5.82. The third-order valence-electron chi connectivity index (χ3n) is 1.68. The summed E-state index contributed by atoms with van der Waals surface area (Å²) in [6.45, 7) is 4.03. The van der Waals surface area contributed by atoms with Gasteiger partial charge in [0.2, 0.25) is 0 Å². The van der Waals surface area contributed by atoms with Crippen molar-refractivity contribution in [3.05, 3.63) is 5.32 Å². The van der Waals surface area contributed by atoms with E-state index >= 15 is 0 Å². The molecule has 0 aromatic heterocycles. The molecular formula is C6H13KN2. The van der Waals surface area contributed by atoms with E-state index in [1.54, 1.807) is 0 Å². The van der Waals surface area contributed by atoms with Crippen LogP contribution < -0.4 is 57.1 Å². The van der Waals surface area contributed by atoms with Gasteiger partial charge < -0.3 is 11.1 Å². The van der Waals surface area contributed by atoms with Crippen LogP contribution in [0, 0.1) is 0 Å². The van der Waals surface area contributed by atoms with Crippen LogP contribution >= 0.6 is 0 Å². The van der Waals surface area contributed by atoms with E-state index in [0.29, 0.717) is 0 Å². The average Bonchev–Trinajstić information content (AvgIpc) is 1.65. The second kappa shape index (κ2) is 4.44. The van der Waals surface area contributed by atoms with Gasteiger partial charge in [-0.05, 0) is 6.92 Å². The second-order valence-electron chi connectivity index (χ2n) is 2.82. The Balaban J connectivity index is 0.000000640. The van der Waals surface area contributed by atoms with Crippen molar-refractivity contribution in [3.63, 3.8) is 0 Å². The number of hydrogen-bond donors (Lipinski definition) is 1. The summed E-state index contributed by atoms with van der Waals surface area (Å²) in [6, 6.07) is 0. The summed E-state index contributed by atoms with van der Waals surface area (Å²) in [6.07, 6.45) is 2.12. The molecule has 0 unspecified atom stereocenters. The number of nitrogens with two attached hydrogens (primary N) is 1. The molecule has 0 spiro atoms. The van der Waals surface area contributed by atoms with E-state index in [4.69, 9.17) is 5.73 Å². The summed E-state index contributed by atoms with van der Waals surface area (Å²) in [7, 11) is 0. The second-order valence-corrected chi connectivity index (χ2v) is 2.82. The van der Waals surface area contributed by atoms with Crippen molar-refractivity contribution in [2.75, 3.05) is 13.1 Å².